The molecule has 0 amide bonds. The maximum Gasteiger partial charge on any atom is 0.129 e. The maximum atomic E-state index is 14.3. The summed E-state index contributed by atoms with van der Waals surface area (Å²) in [6, 6.07) is 7.32. The largest absolute Gasteiger partial charge is 0.381 e. The highest BCUT2D eigenvalue weighted by atomic mass is 19.1. The summed E-state index contributed by atoms with van der Waals surface area (Å²) in [6.45, 7) is 4.42. The van der Waals surface area contributed by atoms with E-state index in [0.29, 0.717) is 24.1 Å². The van der Waals surface area contributed by atoms with Gasteiger partial charge in [-0.1, -0.05) is 6.07 Å². The predicted octanol–water partition coefficient (Wildman–Crippen LogP) is 3.31. The SMILES string of the molecule is CC(CC1CCOCC1)NCc1c(F)cccc1-n1cccn1. The monoisotopic (exact) mass is 317 g/mol. The van der Waals surface area contributed by atoms with Crippen molar-refractivity contribution in [2.24, 2.45) is 5.92 Å². The molecular weight excluding hydrogens is 293 g/mol. The maximum absolute atomic E-state index is 14.3. The number of halogens is 1. The number of benzene rings is 1. The highest BCUT2D eigenvalue weighted by Crippen LogP contribution is 2.21. The van der Waals surface area contributed by atoms with Gasteiger partial charge in [-0.25, -0.2) is 9.07 Å². The van der Waals surface area contributed by atoms with Crippen LogP contribution in [0, 0.1) is 11.7 Å². The minimum absolute atomic E-state index is 0.191. The lowest BCUT2D eigenvalue weighted by atomic mass is 9.93. The Labute approximate surface area is 136 Å². The molecule has 0 aliphatic carbocycles. The number of aromatic nitrogens is 2. The molecule has 1 aromatic carbocycles. The Bertz CT molecular complexity index is 609. The molecule has 1 fully saturated rings. The zero-order valence-corrected chi connectivity index (χ0v) is 13.5. The van der Waals surface area contributed by atoms with Crippen LogP contribution in [0.5, 0.6) is 0 Å². The Morgan fingerprint density at radius 3 is 2.91 bits per heavy atom. The van der Waals surface area contributed by atoms with E-state index >= 15 is 0 Å². The molecular formula is C18H24FN3O. The number of nitrogens with one attached hydrogen (secondary N) is 1. The van der Waals surface area contributed by atoms with E-state index < -0.39 is 0 Å². The number of nitrogens with zero attached hydrogens (tertiary/aromatic N) is 2. The Morgan fingerprint density at radius 1 is 1.35 bits per heavy atom. The van der Waals surface area contributed by atoms with Crippen molar-refractivity contribution in [3.05, 3.63) is 48.0 Å². The lowest BCUT2D eigenvalue weighted by molar-refractivity contribution is 0.0611. The zero-order valence-electron chi connectivity index (χ0n) is 13.5. The molecule has 0 bridgehead atoms. The molecule has 2 heterocycles. The van der Waals surface area contributed by atoms with Gasteiger partial charge in [0, 0.05) is 43.8 Å². The summed E-state index contributed by atoms with van der Waals surface area (Å²) >= 11 is 0. The zero-order chi connectivity index (χ0) is 16.1. The summed E-state index contributed by atoms with van der Waals surface area (Å²) in [6.07, 6.45) is 6.91. The second-order valence-corrected chi connectivity index (χ2v) is 6.26. The van der Waals surface area contributed by atoms with Crippen LogP contribution in [0.25, 0.3) is 5.69 Å². The molecule has 1 N–H and O–H groups in total. The molecule has 5 heteroatoms. The van der Waals surface area contributed by atoms with E-state index in [9.17, 15) is 4.39 Å². The number of rotatable bonds is 6. The Kier molecular flexibility index (Phi) is 5.41. The van der Waals surface area contributed by atoms with Gasteiger partial charge in [0.2, 0.25) is 0 Å². The topological polar surface area (TPSA) is 39.1 Å². The van der Waals surface area contributed by atoms with Crippen LogP contribution in [0.1, 0.15) is 31.7 Å². The van der Waals surface area contributed by atoms with Crippen molar-refractivity contribution in [2.75, 3.05) is 13.2 Å². The first-order valence-electron chi connectivity index (χ1n) is 8.32. The number of hydrogen-bond donors (Lipinski definition) is 1. The van der Waals surface area contributed by atoms with E-state index in [1.807, 2.05) is 18.3 Å². The van der Waals surface area contributed by atoms with E-state index in [4.69, 9.17) is 4.74 Å². The van der Waals surface area contributed by atoms with Crippen LogP contribution < -0.4 is 5.32 Å². The van der Waals surface area contributed by atoms with Gasteiger partial charge in [0.1, 0.15) is 5.82 Å². The minimum Gasteiger partial charge on any atom is -0.381 e. The molecule has 1 atom stereocenters. The molecule has 1 aliphatic heterocycles. The summed E-state index contributed by atoms with van der Waals surface area (Å²) in [5.74, 6) is 0.515. The van der Waals surface area contributed by atoms with Crippen molar-refractivity contribution in [1.29, 1.82) is 0 Å². The fraction of sp³-hybridized carbons (Fsp3) is 0.500. The molecule has 2 aromatic rings. The van der Waals surface area contributed by atoms with E-state index in [0.717, 1.165) is 38.2 Å². The second-order valence-electron chi connectivity index (χ2n) is 6.26. The fourth-order valence-corrected chi connectivity index (χ4v) is 3.19. The van der Waals surface area contributed by atoms with Gasteiger partial charge in [-0.15, -0.1) is 0 Å². The first kappa shape index (κ1) is 16.1. The third kappa shape index (κ3) is 4.18. The molecule has 124 valence electrons. The highest BCUT2D eigenvalue weighted by Gasteiger charge is 2.17. The molecule has 1 aromatic heterocycles. The average molecular weight is 317 g/mol. The van der Waals surface area contributed by atoms with E-state index in [-0.39, 0.29) is 5.82 Å². The number of hydrogen-bond acceptors (Lipinski definition) is 3. The normalized spacial score (nSPS) is 17.3. The summed E-state index contributed by atoms with van der Waals surface area (Å²) in [7, 11) is 0. The molecule has 1 saturated heterocycles. The average Bonchev–Trinajstić information content (AvgIpc) is 3.09. The van der Waals surface area contributed by atoms with Gasteiger partial charge in [-0.3, -0.25) is 0 Å². The molecule has 0 saturated carbocycles. The van der Waals surface area contributed by atoms with Gasteiger partial charge in [0.15, 0.2) is 0 Å². The van der Waals surface area contributed by atoms with Crippen molar-refractivity contribution in [3.8, 4) is 5.69 Å². The lowest BCUT2D eigenvalue weighted by Crippen LogP contribution is -2.30. The van der Waals surface area contributed by atoms with Crippen molar-refractivity contribution >= 4 is 0 Å². The van der Waals surface area contributed by atoms with Crippen LogP contribution in [-0.4, -0.2) is 29.0 Å². The predicted molar refractivity (Wildman–Crippen MR) is 88.0 cm³/mol. The summed E-state index contributed by atoms with van der Waals surface area (Å²) < 4.78 is 21.4. The summed E-state index contributed by atoms with van der Waals surface area (Å²) in [4.78, 5) is 0. The van der Waals surface area contributed by atoms with Crippen LogP contribution in [0.3, 0.4) is 0 Å². The molecule has 4 nitrogen and oxygen atoms in total. The van der Waals surface area contributed by atoms with Crippen LogP contribution in [0.4, 0.5) is 4.39 Å². The summed E-state index contributed by atoms with van der Waals surface area (Å²) in [5, 5.41) is 7.68. The van der Waals surface area contributed by atoms with Crippen molar-refractivity contribution < 1.29 is 9.13 Å². The first-order valence-corrected chi connectivity index (χ1v) is 8.32. The van der Waals surface area contributed by atoms with Gasteiger partial charge < -0.3 is 10.1 Å². The second kappa shape index (κ2) is 7.70. The van der Waals surface area contributed by atoms with Crippen LogP contribution in [0.15, 0.2) is 36.7 Å². The van der Waals surface area contributed by atoms with Crippen molar-refractivity contribution in [2.45, 2.75) is 38.8 Å². The molecule has 0 spiro atoms. The Hall–Kier alpha value is -1.72. The standard InChI is InChI=1S/C18H24FN3O/c1-14(12-15-6-10-23-11-7-15)20-13-16-17(19)4-2-5-18(16)22-9-3-8-21-22/h2-5,8-9,14-15,20H,6-7,10-13H2,1H3. The van der Waals surface area contributed by atoms with Gasteiger partial charge in [-0.2, -0.15) is 5.10 Å². The van der Waals surface area contributed by atoms with Crippen molar-refractivity contribution in [1.82, 2.24) is 15.1 Å². The third-order valence-corrected chi connectivity index (χ3v) is 4.50. The van der Waals surface area contributed by atoms with Crippen LogP contribution in [0.2, 0.25) is 0 Å². The molecule has 1 unspecified atom stereocenters. The van der Waals surface area contributed by atoms with Crippen LogP contribution >= 0.6 is 0 Å². The number of ether oxygens (including phenoxy) is 1. The minimum atomic E-state index is -0.191. The Morgan fingerprint density at radius 2 is 2.17 bits per heavy atom. The van der Waals surface area contributed by atoms with Gasteiger partial charge in [0.25, 0.3) is 0 Å². The fourth-order valence-electron chi connectivity index (χ4n) is 3.19. The molecule has 23 heavy (non-hydrogen) atoms. The molecule has 0 radical (unpaired) electrons. The van der Waals surface area contributed by atoms with Crippen LogP contribution in [-0.2, 0) is 11.3 Å². The Balaban J connectivity index is 1.63. The smallest absolute Gasteiger partial charge is 0.129 e. The van der Waals surface area contributed by atoms with Gasteiger partial charge in [0.05, 0.1) is 5.69 Å². The van der Waals surface area contributed by atoms with Crippen molar-refractivity contribution in [3.63, 3.8) is 0 Å². The van der Waals surface area contributed by atoms with E-state index in [1.54, 1.807) is 16.9 Å². The molecule has 1 aliphatic rings. The van der Waals surface area contributed by atoms with E-state index in [1.165, 1.54) is 6.07 Å². The molecule has 3 rings (SSSR count). The van der Waals surface area contributed by atoms with Gasteiger partial charge in [-0.05, 0) is 50.3 Å². The lowest BCUT2D eigenvalue weighted by Gasteiger charge is -2.25. The third-order valence-electron chi connectivity index (χ3n) is 4.50. The first-order chi connectivity index (χ1) is 11.2. The highest BCUT2D eigenvalue weighted by molar-refractivity contribution is 5.41. The van der Waals surface area contributed by atoms with Gasteiger partial charge >= 0.3 is 0 Å². The quantitative estimate of drug-likeness (QED) is 0.888. The summed E-state index contributed by atoms with van der Waals surface area (Å²) in [5.41, 5.74) is 1.45. The van der Waals surface area contributed by atoms with E-state index in [2.05, 4.69) is 17.3 Å².